The minimum atomic E-state index is 0.0128. The lowest BCUT2D eigenvalue weighted by atomic mass is 10.1. The second-order valence-electron chi connectivity index (χ2n) is 6.37. The lowest BCUT2D eigenvalue weighted by Gasteiger charge is -2.23. The van der Waals surface area contributed by atoms with E-state index in [0.29, 0.717) is 30.5 Å². The Morgan fingerprint density at radius 1 is 1.52 bits per heavy atom. The standard InChI is InChI=1S/C18H18N4O2S/c1-24-10-13-6-14(8-20-13)22-9-15-16(18(22)23)21-17(25-15)12-4-2-3-11(5-12)7-19/h2-5,13-14,20H,6,8-10H2,1H3/t13-,14+/m0/s1. The van der Waals surface area contributed by atoms with E-state index >= 15 is 0 Å². The molecule has 2 atom stereocenters. The lowest BCUT2D eigenvalue weighted by molar-refractivity contribution is 0.0707. The second-order valence-corrected chi connectivity index (χ2v) is 7.45. The molecule has 1 amide bonds. The van der Waals surface area contributed by atoms with Gasteiger partial charge in [0.25, 0.3) is 5.91 Å². The van der Waals surface area contributed by atoms with Gasteiger partial charge in [-0.1, -0.05) is 12.1 Å². The molecule has 0 bridgehead atoms. The number of nitrogens with zero attached hydrogens (tertiary/aromatic N) is 3. The third-order valence-electron chi connectivity index (χ3n) is 4.72. The fourth-order valence-electron chi connectivity index (χ4n) is 3.49. The third-order valence-corrected chi connectivity index (χ3v) is 5.81. The first-order valence-corrected chi connectivity index (χ1v) is 9.04. The number of carbonyl (C=O) groups is 1. The van der Waals surface area contributed by atoms with Crippen molar-refractivity contribution in [2.75, 3.05) is 20.3 Å². The zero-order valence-electron chi connectivity index (χ0n) is 13.9. The Bertz CT molecular complexity index is 857. The number of ether oxygens (including phenoxy) is 1. The molecule has 1 fully saturated rings. The van der Waals surface area contributed by atoms with Crippen molar-refractivity contribution < 1.29 is 9.53 Å². The minimum absolute atomic E-state index is 0.0128. The normalized spacial score (nSPS) is 22.2. The fraction of sp³-hybridized carbons (Fsp3) is 0.389. The number of fused-ring (bicyclic) bond motifs is 1. The van der Waals surface area contributed by atoms with E-state index in [1.807, 2.05) is 23.1 Å². The molecular weight excluding hydrogens is 336 g/mol. The van der Waals surface area contributed by atoms with Crippen molar-refractivity contribution in [1.82, 2.24) is 15.2 Å². The average molecular weight is 354 g/mol. The van der Waals surface area contributed by atoms with Gasteiger partial charge in [0.1, 0.15) is 10.7 Å². The molecule has 2 aromatic rings. The molecule has 1 saturated heterocycles. The van der Waals surface area contributed by atoms with Crippen LogP contribution in [0, 0.1) is 11.3 Å². The molecule has 1 aromatic carbocycles. The summed E-state index contributed by atoms with van der Waals surface area (Å²) in [7, 11) is 1.69. The lowest BCUT2D eigenvalue weighted by Crippen LogP contribution is -2.37. The molecule has 2 aliphatic rings. The number of rotatable bonds is 4. The van der Waals surface area contributed by atoms with Gasteiger partial charge >= 0.3 is 0 Å². The quantitative estimate of drug-likeness (QED) is 0.909. The summed E-state index contributed by atoms with van der Waals surface area (Å²) in [5.74, 6) is 0.0128. The molecule has 0 aliphatic carbocycles. The van der Waals surface area contributed by atoms with Crippen LogP contribution in [0.4, 0.5) is 0 Å². The third kappa shape index (κ3) is 2.93. The summed E-state index contributed by atoms with van der Waals surface area (Å²) in [6.07, 6.45) is 0.908. The van der Waals surface area contributed by atoms with Crippen LogP contribution < -0.4 is 5.32 Å². The van der Waals surface area contributed by atoms with Crippen LogP contribution in [0.2, 0.25) is 0 Å². The zero-order chi connectivity index (χ0) is 17.4. The summed E-state index contributed by atoms with van der Waals surface area (Å²) >= 11 is 1.54. The number of hydrogen-bond acceptors (Lipinski definition) is 6. The topological polar surface area (TPSA) is 78.2 Å². The Hall–Kier alpha value is -2.27. The van der Waals surface area contributed by atoms with Crippen LogP contribution in [0.3, 0.4) is 0 Å². The highest BCUT2D eigenvalue weighted by Crippen LogP contribution is 2.35. The number of amides is 1. The number of carbonyl (C=O) groups excluding carboxylic acids is 1. The maximum atomic E-state index is 12.8. The first kappa shape index (κ1) is 16.2. The van der Waals surface area contributed by atoms with E-state index < -0.39 is 0 Å². The van der Waals surface area contributed by atoms with E-state index in [1.54, 1.807) is 24.5 Å². The summed E-state index contributed by atoms with van der Waals surface area (Å²) in [4.78, 5) is 20.3. The molecule has 25 heavy (non-hydrogen) atoms. The van der Waals surface area contributed by atoms with E-state index in [4.69, 9.17) is 10.00 Å². The highest BCUT2D eigenvalue weighted by atomic mass is 32.1. The van der Waals surface area contributed by atoms with Crippen molar-refractivity contribution in [2.45, 2.75) is 25.0 Å². The van der Waals surface area contributed by atoms with E-state index in [9.17, 15) is 4.79 Å². The molecule has 1 N–H and O–H groups in total. The van der Waals surface area contributed by atoms with E-state index in [-0.39, 0.29) is 11.9 Å². The Balaban J connectivity index is 1.52. The first-order chi connectivity index (χ1) is 12.2. The molecule has 3 heterocycles. The van der Waals surface area contributed by atoms with Crippen LogP contribution in [0.5, 0.6) is 0 Å². The monoisotopic (exact) mass is 354 g/mol. The van der Waals surface area contributed by atoms with Gasteiger partial charge in [-0.25, -0.2) is 4.98 Å². The zero-order valence-corrected chi connectivity index (χ0v) is 14.7. The maximum Gasteiger partial charge on any atom is 0.274 e. The van der Waals surface area contributed by atoms with Crippen LogP contribution >= 0.6 is 11.3 Å². The van der Waals surface area contributed by atoms with Crippen molar-refractivity contribution >= 4 is 17.2 Å². The van der Waals surface area contributed by atoms with Gasteiger partial charge in [-0.3, -0.25) is 4.79 Å². The number of benzene rings is 1. The maximum absolute atomic E-state index is 12.8. The summed E-state index contributed by atoms with van der Waals surface area (Å²) in [6.45, 7) is 2.08. The van der Waals surface area contributed by atoms with Gasteiger partial charge in [-0.15, -0.1) is 11.3 Å². The van der Waals surface area contributed by atoms with E-state index in [1.165, 1.54) is 0 Å². The van der Waals surface area contributed by atoms with Gasteiger partial charge in [0.2, 0.25) is 0 Å². The predicted molar refractivity (Wildman–Crippen MR) is 94.2 cm³/mol. The van der Waals surface area contributed by atoms with E-state index in [2.05, 4.69) is 16.4 Å². The number of thiazole rings is 1. The summed E-state index contributed by atoms with van der Waals surface area (Å²) in [5.41, 5.74) is 2.06. The van der Waals surface area contributed by atoms with Crippen molar-refractivity contribution in [3.63, 3.8) is 0 Å². The van der Waals surface area contributed by atoms with Gasteiger partial charge in [-0.2, -0.15) is 5.26 Å². The molecular formula is C18H18N4O2S. The highest BCUT2D eigenvalue weighted by molar-refractivity contribution is 7.15. The Kier molecular flexibility index (Phi) is 4.25. The van der Waals surface area contributed by atoms with E-state index in [0.717, 1.165) is 28.4 Å². The van der Waals surface area contributed by atoms with Gasteiger partial charge in [0.15, 0.2) is 0 Å². The van der Waals surface area contributed by atoms with Gasteiger partial charge in [0, 0.05) is 31.3 Å². The minimum Gasteiger partial charge on any atom is -0.383 e. The highest BCUT2D eigenvalue weighted by Gasteiger charge is 2.39. The molecule has 0 spiro atoms. The van der Waals surface area contributed by atoms with Crippen LogP contribution in [-0.4, -0.2) is 48.1 Å². The van der Waals surface area contributed by atoms with Crippen molar-refractivity contribution in [3.05, 3.63) is 40.4 Å². The number of nitrogens with one attached hydrogen (secondary N) is 1. The second kappa shape index (κ2) is 6.56. The molecule has 128 valence electrons. The van der Waals surface area contributed by atoms with Gasteiger partial charge in [-0.05, 0) is 18.6 Å². The molecule has 0 radical (unpaired) electrons. The molecule has 0 unspecified atom stereocenters. The molecule has 1 aromatic heterocycles. The Morgan fingerprint density at radius 2 is 2.40 bits per heavy atom. The van der Waals surface area contributed by atoms with Crippen LogP contribution in [0.25, 0.3) is 10.6 Å². The van der Waals surface area contributed by atoms with Crippen LogP contribution in [-0.2, 0) is 11.3 Å². The summed E-state index contributed by atoms with van der Waals surface area (Å²) in [6, 6.07) is 9.98. The smallest absolute Gasteiger partial charge is 0.274 e. The van der Waals surface area contributed by atoms with Gasteiger partial charge < -0.3 is 15.0 Å². The molecule has 7 heteroatoms. The largest absolute Gasteiger partial charge is 0.383 e. The Labute approximate surface area is 150 Å². The number of methoxy groups -OCH3 is 1. The number of aromatic nitrogens is 1. The molecule has 0 saturated carbocycles. The summed E-state index contributed by atoms with van der Waals surface area (Å²) in [5, 5.41) is 13.3. The van der Waals surface area contributed by atoms with Crippen molar-refractivity contribution in [1.29, 1.82) is 5.26 Å². The van der Waals surface area contributed by atoms with Crippen LogP contribution in [0.1, 0.15) is 27.3 Å². The van der Waals surface area contributed by atoms with Crippen molar-refractivity contribution in [2.24, 2.45) is 0 Å². The molecule has 4 rings (SSSR count). The predicted octanol–water partition coefficient (Wildman–Crippen LogP) is 2.01. The molecule has 2 aliphatic heterocycles. The average Bonchev–Trinajstić information content (AvgIpc) is 3.32. The Morgan fingerprint density at radius 3 is 3.16 bits per heavy atom. The van der Waals surface area contributed by atoms with Crippen molar-refractivity contribution in [3.8, 4) is 16.6 Å². The number of hydrogen-bond donors (Lipinski definition) is 1. The SMILES string of the molecule is COC[C@@H]1C[C@@H](N2Cc3sc(-c4cccc(C#N)c4)nc3C2=O)CN1. The van der Waals surface area contributed by atoms with Crippen LogP contribution in [0.15, 0.2) is 24.3 Å². The van der Waals surface area contributed by atoms with Gasteiger partial charge in [0.05, 0.1) is 29.7 Å². The fourth-order valence-corrected chi connectivity index (χ4v) is 4.54. The summed E-state index contributed by atoms with van der Waals surface area (Å²) < 4.78 is 5.19. The number of nitriles is 1. The molecule has 6 nitrogen and oxygen atoms in total. The first-order valence-electron chi connectivity index (χ1n) is 8.23.